The molecule has 0 aliphatic carbocycles. The largest absolute Gasteiger partial charge is 0.378 e. The average Bonchev–Trinajstić information content (AvgIpc) is 2.52. The second-order valence-corrected chi connectivity index (χ2v) is 6.56. The third-order valence-electron chi connectivity index (χ3n) is 3.33. The van der Waals surface area contributed by atoms with Crippen molar-refractivity contribution in [3.05, 3.63) is 29.8 Å². The predicted molar refractivity (Wildman–Crippen MR) is 82.8 cm³/mol. The molecule has 2 amide bonds. The van der Waals surface area contributed by atoms with Crippen LogP contribution in [0.5, 0.6) is 0 Å². The van der Waals surface area contributed by atoms with E-state index in [-0.39, 0.29) is 6.03 Å². The fourth-order valence-corrected chi connectivity index (χ4v) is 2.79. The summed E-state index contributed by atoms with van der Waals surface area (Å²) >= 11 is 0. The number of nitrogens with one attached hydrogen (secondary N) is 1. The first-order valence-electron chi connectivity index (χ1n) is 6.94. The Morgan fingerprint density at radius 2 is 1.95 bits per heavy atom. The van der Waals surface area contributed by atoms with Crippen LogP contribution in [0.25, 0.3) is 0 Å². The third-order valence-corrected chi connectivity index (χ3v) is 4.50. The van der Waals surface area contributed by atoms with Gasteiger partial charge in [-0.05, 0) is 41.2 Å². The molecule has 7 heteroatoms. The van der Waals surface area contributed by atoms with Crippen LogP contribution in [-0.2, 0) is 21.2 Å². The first-order chi connectivity index (χ1) is 10.2. The average molecular weight is 331 g/mol. The Balaban J connectivity index is 1.67. The number of nitrogens with zero attached hydrogens (tertiary/aromatic N) is 1. The maximum atomic E-state index is 11.8. The van der Waals surface area contributed by atoms with Crippen LogP contribution in [0.4, 0.5) is 4.79 Å². The van der Waals surface area contributed by atoms with Crippen LogP contribution in [0.15, 0.2) is 29.2 Å². The van der Waals surface area contributed by atoms with Crippen LogP contribution >= 0.6 is 10.7 Å². The highest BCUT2D eigenvalue weighted by molar-refractivity contribution is 8.08. The number of carbonyl (C=O) groups excluding carboxylic acids is 1. The summed E-state index contributed by atoms with van der Waals surface area (Å²) < 4.78 is 16.3. The van der Waals surface area contributed by atoms with Crippen molar-refractivity contribution in [2.45, 2.75) is 17.7 Å². The summed E-state index contributed by atoms with van der Waals surface area (Å²) in [6, 6.07) is 7.35. The molecule has 1 fully saturated rings. The van der Waals surface area contributed by atoms with Gasteiger partial charge in [-0.2, -0.15) is 0 Å². The molecule has 1 aliphatic rings. The van der Waals surface area contributed by atoms with Crippen molar-refractivity contribution in [2.24, 2.45) is 0 Å². The highest BCUT2D eigenvalue weighted by Crippen LogP contribution is 2.12. The zero-order valence-corrected chi connectivity index (χ0v) is 13.3. The minimum absolute atomic E-state index is 0.0221. The van der Waals surface area contributed by atoms with Crippen molar-refractivity contribution < 1.29 is 13.7 Å². The summed E-state index contributed by atoms with van der Waals surface area (Å²) in [6.07, 6.45) is 1.72. The van der Waals surface area contributed by atoms with Gasteiger partial charge in [0.15, 0.2) is 0 Å². The number of amides is 2. The van der Waals surface area contributed by atoms with Crippen molar-refractivity contribution >= 4 is 26.7 Å². The van der Waals surface area contributed by atoms with E-state index in [1.807, 2.05) is 12.1 Å². The number of hydrogen-bond donors (Lipinski definition) is 1. The Bertz CT molecular complexity index is 489. The number of morpholine rings is 1. The Morgan fingerprint density at radius 1 is 1.29 bits per heavy atom. The van der Waals surface area contributed by atoms with E-state index < -0.39 is 10.0 Å². The van der Waals surface area contributed by atoms with E-state index in [4.69, 9.17) is 15.4 Å². The van der Waals surface area contributed by atoms with Crippen molar-refractivity contribution in [3.8, 4) is 0 Å². The minimum Gasteiger partial charge on any atom is -0.378 e. The van der Waals surface area contributed by atoms with Gasteiger partial charge in [-0.1, -0.05) is 12.1 Å². The summed E-state index contributed by atoms with van der Waals surface area (Å²) in [7, 11) is 4.05. The molecular weight excluding hydrogens is 312 g/mol. The van der Waals surface area contributed by atoms with E-state index in [1.54, 1.807) is 17.0 Å². The second kappa shape index (κ2) is 8.36. The number of rotatable bonds is 5. The van der Waals surface area contributed by atoms with Gasteiger partial charge in [0.05, 0.1) is 18.1 Å². The molecule has 0 bridgehead atoms. The summed E-state index contributed by atoms with van der Waals surface area (Å²) in [5, 5.41) is 2.91. The number of hydrogen-bond acceptors (Lipinski definition) is 3. The standard InChI is InChI=1S/C14H19ClN2O3S/c15-21(19)13-5-3-12(4-6-13)2-1-7-16-14(18)17-8-10-20-11-9-17/h3-6H,1-2,7-11H2,(H,16,18). The van der Waals surface area contributed by atoms with Gasteiger partial charge in [-0.15, -0.1) is 0 Å². The smallest absolute Gasteiger partial charge is 0.317 e. The highest BCUT2D eigenvalue weighted by atomic mass is 35.7. The molecule has 0 aromatic heterocycles. The van der Waals surface area contributed by atoms with E-state index in [9.17, 15) is 9.00 Å². The molecule has 1 N–H and O–H groups in total. The molecule has 1 heterocycles. The van der Waals surface area contributed by atoms with Crippen LogP contribution in [0.2, 0.25) is 0 Å². The van der Waals surface area contributed by atoms with Gasteiger partial charge >= 0.3 is 6.03 Å². The summed E-state index contributed by atoms with van der Waals surface area (Å²) in [5.41, 5.74) is 1.14. The zero-order valence-electron chi connectivity index (χ0n) is 11.7. The van der Waals surface area contributed by atoms with Crippen molar-refractivity contribution in [3.63, 3.8) is 0 Å². The molecule has 0 spiro atoms. The first-order valence-corrected chi connectivity index (χ1v) is 8.92. The van der Waals surface area contributed by atoms with Crippen molar-refractivity contribution in [1.29, 1.82) is 0 Å². The van der Waals surface area contributed by atoms with Gasteiger partial charge in [0, 0.05) is 19.6 Å². The second-order valence-electron chi connectivity index (χ2n) is 4.80. The fraction of sp³-hybridized carbons (Fsp3) is 0.500. The molecule has 1 saturated heterocycles. The lowest BCUT2D eigenvalue weighted by Gasteiger charge is -2.26. The number of aryl methyl sites for hydroxylation is 1. The predicted octanol–water partition coefficient (Wildman–Crippen LogP) is 1.92. The van der Waals surface area contributed by atoms with Crippen molar-refractivity contribution in [2.75, 3.05) is 32.8 Å². The van der Waals surface area contributed by atoms with Crippen LogP contribution in [-0.4, -0.2) is 48.0 Å². The lowest BCUT2D eigenvalue weighted by molar-refractivity contribution is 0.0532. The van der Waals surface area contributed by atoms with Gasteiger partial charge in [0.2, 0.25) is 0 Å². The van der Waals surface area contributed by atoms with Gasteiger partial charge in [-0.3, -0.25) is 0 Å². The fourth-order valence-electron chi connectivity index (χ4n) is 2.13. The normalized spacial score (nSPS) is 16.5. The SMILES string of the molecule is O=C(NCCCc1ccc(S(=O)Cl)cc1)N1CCOCC1. The first kappa shape index (κ1) is 16.3. The van der Waals surface area contributed by atoms with E-state index in [1.165, 1.54) is 0 Å². The van der Waals surface area contributed by atoms with Gasteiger partial charge < -0.3 is 15.0 Å². The number of ether oxygens (including phenoxy) is 1. The minimum atomic E-state index is -1.45. The molecule has 116 valence electrons. The van der Waals surface area contributed by atoms with Crippen LogP contribution in [0.3, 0.4) is 0 Å². The topological polar surface area (TPSA) is 58.6 Å². The maximum Gasteiger partial charge on any atom is 0.317 e. The monoisotopic (exact) mass is 330 g/mol. The maximum absolute atomic E-state index is 11.8. The summed E-state index contributed by atoms with van der Waals surface area (Å²) in [6.45, 7) is 3.18. The van der Waals surface area contributed by atoms with E-state index in [0.717, 1.165) is 18.4 Å². The molecular formula is C14H19ClN2O3S. The molecule has 21 heavy (non-hydrogen) atoms. The molecule has 0 saturated carbocycles. The van der Waals surface area contributed by atoms with Gasteiger partial charge in [0.25, 0.3) is 0 Å². The van der Waals surface area contributed by atoms with Gasteiger partial charge in [-0.25, -0.2) is 9.00 Å². The molecule has 1 aliphatic heterocycles. The highest BCUT2D eigenvalue weighted by Gasteiger charge is 2.15. The van der Waals surface area contributed by atoms with Crippen LogP contribution < -0.4 is 5.32 Å². The lowest BCUT2D eigenvalue weighted by atomic mass is 10.1. The summed E-state index contributed by atoms with van der Waals surface area (Å²) in [4.78, 5) is 14.2. The van der Waals surface area contributed by atoms with E-state index in [2.05, 4.69) is 5.32 Å². The molecule has 1 aromatic carbocycles. The van der Waals surface area contributed by atoms with Gasteiger partial charge in [0.1, 0.15) is 10.0 Å². The molecule has 5 nitrogen and oxygen atoms in total. The van der Waals surface area contributed by atoms with E-state index >= 15 is 0 Å². The number of urea groups is 1. The lowest BCUT2D eigenvalue weighted by Crippen LogP contribution is -2.46. The number of halogens is 1. The number of carbonyl (C=O) groups is 1. The summed E-state index contributed by atoms with van der Waals surface area (Å²) in [5.74, 6) is 0. The molecule has 0 radical (unpaired) electrons. The van der Waals surface area contributed by atoms with Crippen LogP contribution in [0, 0.1) is 0 Å². The molecule has 1 atom stereocenters. The Kier molecular flexibility index (Phi) is 6.48. The molecule has 1 aromatic rings. The zero-order chi connectivity index (χ0) is 15.1. The Morgan fingerprint density at radius 3 is 2.57 bits per heavy atom. The Hall–Kier alpha value is -1.11. The molecule has 1 unspecified atom stereocenters. The Labute approximate surface area is 131 Å². The molecule has 2 rings (SSSR count). The third kappa shape index (κ3) is 5.30. The van der Waals surface area contributed by atoms with E-state index in [0.29, 0.717) is 37.7 Å². The number of benzene rings is 1. The van der Waals surface area contributed by atoms with Crippen LogP contribution in [0.1, 0.15) is 12.0 Å². The van der Waals surface area contributed by atoms with Crippen molar-refractivity contribution in [1.82, 2.24) is 10.2 Å². The quantitative estimate of drug-likeness (QED) is 0.663.